The number of methoxy groups -OCH3 is 1. The molecule has 0 spiro atoms. The van der Waals surface area contributed by atoms with Gasteiger partial charge in [-0.3, -0.25) is 9.59 Å². The summed E-state index contributed by atoms with van der Waals surface area (Å²) in [4.78, 5) is 62.3. The van der Waals surface area contributed by atoms with E-state index in [4.69, 9.17) is 28.9 Å². The van der Waals surface area contributed by atoms with Crippen LogP contribution >= 0.6 is 0 Å². The van der Waals surface area contributed by atoms with Gasteiger partial charge in [0.15, 0.2) is 0 Å². The largest absolute Gasteiger partial charge is 0.488 e. The number of aromatic amines is 2. The Hall–Kier alpha value is -5.21. The van der Waals surface area contributed by atoms with Gasteiger partial charge in [-0.05, 0) is 158 Å². The van der Waals surface area contributed by atoms with Crippen molar-refractivity contribution in [3.05, 3.63) is 71.4 Å². The predicted molar refractivity (Wildman–Crippen MR) is 244 cm³/mol. The number of ether oxygens (including phenoxy) is 4. The van der Waals surface area contributed by atoms with Crippen molar-refractivity contribution in [2.24, 2.45) is 11.8 Å². The van der Waals surface area contributed by atoms with E-state index in [9.17, 15) is 14.4 Å². The summed E-state index contributed by atoms with van der Waals surface area (Å²) in [5.74, 6) is 2.59. The Morgan fingerprint density at radius 2 is 1.48 bits per heavy atom. The smallest absolute Gasteiger partial charge is 0.407 e. The zero-order chi connectivity index (χ0) is 45.3. The number of likely N-dealkylation sites (tertiary alicyclic amines) is 2. The zero-order valence-electron chi connectivity index (χ0n) is 38.8. The first-order chi connectivity index (χ1) is 31.3. The van der Waals surface area contributed by atoms with Crippen LogP contribution in [0.2, 0.25) is 0 Å². The number of imidazole rings is 2. The summed E-state index contributed by atoms with van der Waals surface area (Å²) in [6.07, 6.45) is 11.7. The zero-order valence-corrected chi connectivity index (χ0v) is 38.8. The van der Waals surface area contributed by atoms with Gasteiger partial charge >= 0.3 is 6.09 Å². The fourth-order valence-electron chi connectivity index (χ4n) is 12.2. The molecule has 2 aromatic heterocycles. The van der Waals surface area contributed by atoms with Crippen LogP contribution in [0.5, 0.6) is 5.75 Å². The van der Waals surface area contributed by atoms with Crippen molar-refractivity contribution in [1.29, 1.82) is 0 Å². The lowest BCUT2D eigenvalue weighted by atomic mass is 9.85. The minimum absolute atomic E-state index is 0.0185. The second-order valence-electron chi connectivity index (χ2n) is 19.9. The van der Waals surface area contributed by atoms with Gasteiger partial charge in [-0.1, -0.05) is 12.1 Å². The highest BCUT2D eigenvalue weighted by Crippen LogP contribution is 2.46. The van der Waals surface area contributed by atoms with E-state index < -0.39 is 12.1 Å². The van der Waals surface area contributed by atoms with Crippen molar-refractivity contribution in [2.75, 3.05) is 7.11 Å². The van der Waals surface area contributed by atoms with Crippen molar-refractivity contribution >= 4 is 17.9 Å². The van der Waals surface area contributed by atoms with Gasteiger partial charge in [-0.15, -0.1) is 0 Å². The van der Waals surface area contributed by atoms with Gasteiger partial charge in [0.25, 0.3) is 0 Å². The molecule has 14 heteroatoms. The molecule has 4 aromatic rings. The molecule has 14 nitrogen and oxygen atoms in total. The molecular formula is C51H64N7O7. The van der Waals surface area contributed by atoms with Crippen molar-refractivity contribution in [1.82, 2.24) is 35.1 Å². The van der Waals surface area contributed by atoms with Gasteiger partial charge in [-0.25, -0.2) is 14.8 Å². The average molecular weight is 887 g/mol. The van der Waals surface area contributed by atoms with Crippen LogP contribution in [0.15, 0.2) is 36.5 Å². The molecule has 7 heterocycles. The average Bonchev–Trinajstić information content (AvgIpc) is 4.09. The van der Waals surface area contributed by atoms with Crippen molar-refractivity contribution < 1.29 is 33.3 Å². The number of aryl methyl sites for hydroxylation is 2. The van der Waals surface area contributed by atoms with Gasteiger partial charge in [-0.2, -0.15) is 0 Å². The molecule has 4 saturated heterocycles. The molecule has 3 amide bonds. The first kappa shape index (κ1) is 43.7. The van der Waals surface area contributed by atoms with Crippen molar-refractivity contribution in [3.63, 3.8) is 0 Å². The highest BCUT2D eigenvalue weighted by Gasteiger charge is 2.45. The summed E-state index contributed by atoms with van der Waals surface area (Å²) >= 11 is 0. The number of carbonyl (C=O) groups excluding carboxylic acids is 3. The number of nitrogens with one attached hydrogen (secondary N) is 3. The Bertz CT molecular complexity index is 2440. The number of hydrogen-bond donors (Lipinski definition) is 3. The second-order valence-corrected chi connectivity index (χ2v) is 19.9. The summed E-state index contributed by atoms with van der Waals surface area (Å²) in [7, 11) is 1.33. The van der Waals surface area contributed by atoms with E-state index in [1.165, 1.54) is 12.7 Å². The van der Waals surface area contributed by atoms with Crippen LogP contribution in [0.1, 0.15) is 133 Å². The van der Waals surface area contributed by atoms with Crippen LogP contribution in [0.3, 0.4) is 0 Å². The molecule has 1 radical (unpaired) electrons. The maximum atomic E-state index is 14.5. The van der Waals surface area contributed by atoms with Crippen molar-refractivity contribution in [3.8, 4) is 39.4 Å². The topological polar surface area (TPSA) is 164 Å². The lowest BCUT2D eigenvalue weighted by molar-refractivity contribution is -0.140. The lowest BCUT2D eigenvalue weighted by Crippen LogP contribution is -2.55. The third-order valence-electron chi connectivity index (χ3n) is 15.1. The Morgan fingerprint density at radius 3 is 2.20 bits per heavy atom. The molecule has 2 aromatic carbocycles. The quantitative estimate of drug-likeness (QED) is 0.157. The molecule has 1 aliphatic carbocycles. The van der Waals surface area contributed by atoms with Gasteiger partial charge in [0.2, 0.25) is 11.8 Å². The number of alkyl carbamates (subject to hydrolysis) is 1. The SMILES string of the molecule is COC(=O)N[C@H](C(=O)N1[C@@H](C)CC[C@H]1c1ncc(-c2ccc3c(c2)COc2cc4c(cc2-3)CCc2nc([C@@H]3CC[C@H](C)N3C(=O)[CH]C3C[C@@H](C)O[C@H](C)C3)[nH]c2-4)[nH]1)C1C[C@@H](C)O[C@H](C)C1. The van der Waals surface area contributed by atoms with E-state index >= 15 is 0 Å². The third kappa shape index (κ3) is 8.34. The van der Waals surface area contributed by atoms with Gasteiger partial charge in [0.1, 0.15) is 30.0 Å². The first-order valence-corrected chi connectivity index (χ1v) is 24.0. The van der Waals surface area contributed by atoms with E-state index in [1.54, 1.807) is 0 Å². The number of amides is 3. The van der Waals surface area contributed by atoms with Gasteiger partial charge in [0.05, 0.1) is 73.3 Å². The fourth-order valence-corrected chi connectivity index (χ4v) is 12.2. The number of aromatic nitrogens is 4. The normalized spacial score (nSPS) is 29.8. The third-order valence-corrected chi connectivity index (χ3v) is 15.1. The van der Waals surface area contributed by atoms with Crippen LogP contribution in [0.25, 0.3) is 33.6 Å². The van der Waals surface area contributed by atoms with Gasteiger partial charge in [0, 0.05) is 23.2 Å². The van der Waals surface area contributed by atoms with Crippen molar-refractivity contribution in [2.45, 2.75) is 167 Å². The van der Waals surface area contributed by atoms with Crippen LogP contribution in [-0.4, -0.2) is 97.3 Å². The number of nitrogens with zero attached hydrogens (tertiary/aromatic N) is 4. The Balaban J connectivity index is 0.863. The molecule has 345 valence electrons. The minimum atomic E-state index is -0.731. The summed E-state index contributed by atoms with van der Waals surface area (Å²) in [5.41, 5.74) is 9.64. The molecule has 5 aliphatic heterocycles. The second kappa shape index (κ2) is 17.5. The number of hydrogen-bond acceptors (Lipinski definition) is 9. The number of benzene rings is 2. The van der Waals surface area contributed by atoms with E-state index in [-0.39, 0.29) is 72.2 Å². The van der Waals surface area contributed by atoms with Gasteiger partial charge < -0.3 is 44.0 Å². The molecule has 10 rings (SSSR count). The molecule has 65 heavy (non-hydrogen) atoms. The summed E-state index contributed by atoms with van der Waals surface area (Å²) in [6, 6.07) is 9.99. The monoisotopic (exact) mass is 886 g/mol. The minimum Gasteiger partial charge on any atom is -0.488 e. The summed E-state index contributed by atoms with van der Waals surface area (Å²) < 4.78 is 23.4. The van der Waals surface area contributed by atoms with Crippen LogP contribution in [-0.2, 0) is 43.2 Å². The standard InChI is InChI=1S/C51H64N7O7/c1-26-8-15-43(57(26)45(59)20-32-16-28(3)64-29(4)17-32)49-53-40-13-11-33-22-39-37-12-10-34(21-36(37)25-63-44(39)23-38(33)47(40)55-49)41-24-52-48(54-41)42-14-9-27(2)58(42)50(60)46(56-51(61)62-7)35-18-30(5)65-31(6)19-35/h10,12,20-24,26-32,35,42-43,46H,8-9,11,13-19,25H2,1-7H3,(H,52,54)(H,53,55)(H,56,61)/t26-,27-,28+,29+,30+,31+,42-,43-,46-/m0/s1. The summed E-state index contributed by atoms with van der Waals surface area (Å²) in [6.45, 7) is 12.9. The summed E-state index contributed by atoms with van der Waals surface area (Å²) in [5, 5.41) is 2.89. The number of carbonyl (C=O) groups is 3. The maximum Gasteiger partial charge on any atom is 0.407 e. The van der Waals surface area contributed by atoms with Crippen LogP contribution < -0.4 is 10.1 Å². The lowest BCUT2D eigenvalue weighted by Gasteiger charge is -2.39. The molecule has 0 bridgehead atoms. The fraction of sp³-hybridized carbons (Fsp3) is 0.569. The molecule has 0 unspecified atom stereocenters. The number of H-pyrrole nitrogens is 2. The first-order valence-electron chi connectivity index (χ1n) is 24.0. The Labute approximate surface area is 381 Å². The molecule has 3 N–H and O–H groups in total. The van der Waals surface area contributed by atoms with E-state index in [1.807, 2.05) is 31.4 Å². The molecule has 6 aliphatic rings. The van der Waals surface area contributed by atoms with E-state index in [0.29, 0.717) is 19.4 Å². The maximum absolute atomic E-state index is 14.5. The highest BCUT2D eigenvalue weighted by atomic mass is 16.5. The van der Waals surface area contributed by atoms with Crippen LogP contribution in [0, 0.1) is 18.3 Å². The Kier molecular flexibility index (Phi) is 11.8. The highest BCUT2D eigenvalue weighted by molar-refractivity contribution is 5.88. The number of fused-ring (bicyclic) bond motifs is 6. The molecule has 9 atom stereocenters. The molecular weight excluding hydrogens is 823 g/mol. The van der Waals surface area contributed by atoms with E-state index in [0.717, 1.165) is 114 Å². The predicted octanol–water partition coefficient (Wildman–Crippen LogP) is 8.56. The molecule has 0 saturated carbocycles. The number of rotatable bonds is 8. The Morgan fingerprint density at radius 1 is 0.785 bits per heavy atom. The van der Waals surface area contributed by atoms with Crippen LogP contribution in [0.4, 0.5) is 4.79 Å². The van der Waals surface area contributed by atoms with E-state index in [2.05, 4.69) is 78.2 Å². The molecule has 4 fully saturated rings.